The van der Waals surface area contributed by atoms with E-state index in [1.54, 1.807) is 0 Å². The Kier molecular flexibility index (Phi) is 6.07. The SMILES string of the molecule is CCN(CC(F)(F)F)S(=O)(=O)CCC1CCCCN1. The minimum absolute atomic E-state index is 0.105. The lowest BCUT2D eigenvalue weighted by Gasteiger charge is -2.26. The second kappa shape index (κ2) is 6.90. The summed E-state index contributed by atoms with van der Waals surface area (Å²) in [7, 11) is -3.83. The van der Waals surface area contributed by atoms with Gasteiger partial charge in [-0.1, -0.05) is 13.3 Å². The predicted molar refractivity (Wildman–Crippen MR) is 67.3 cm³/mol. The first-order valence-corrected chi connectivity index (χ1v) is 8.13. The van der Waals surface area contributed by atoms with Gasteiger partial charge in [-0.3, -0.25) is 0 Å². The number of nitrogens with one attached hydrogen (secondary N) is 1. The lowest BCUT2D eigenvalue weighted by atomic mass is 10.0. The summed E-state index contributed by atoms with van der Waals surface area (Å²) in [6, 6.07) is 0.105. The summed E-state index contributed by atoms with van der Waals surface area (Å²) in [5.74, 6) is -0.228. The Morgan fingerprint density at radius 1 is 1.32 bits per heavy atom. The first-order valence-electron chi connectivity index (χ1n) is 6.52. The second-order valence-electron chi connectivity index (χ2n) is 4.79. The number of hydrogen-bond acceptors (Lipinski definition) is 3. The van der Waals surface area contributed by atoms with Gasteiger partial charge in [-0.2, -0.15) is 17.5 Å². The van der Waals surface area contributed by atoms with Gasteiger partial charge in [-0.05, 0) is 25.8 Å². The van der Waals surface area contributed by atoms with Crippen molar-refractivity contribution in [2.75, 3.05) is 25.4 Å². The Bertz CT molecular complexity index is 365. The molecule has 0 spiro atoms. The van der Waals surface area contributed by atoms with Crippen molar-refractivity contribution < 1.29 is 21.6 Å². The van der Waals surface area contributed by atoms with Gasteiger partial charge in [-0.15, -0.1) is 0 Å². The van der Waals surface area contributed by atoms with Gasteiger partial charge >= 0.3 is 6.18 Å². The van der Waals surface area contributed by atoms with Gasteiger partial charge in [0.05, 0.1) is 5.75 Å². The van der Waals surface area contributed by atoms with Gasteiger partial charge in [0.2, 0.25) is 10.0 Å². The van der Waals surface area contributed by atoms with Crippen LogP contribution < -0.4 is 5.32 Å². The highest BCUT2D eigenvalue weighted by atomic mass is 32.2. The third-order valence-electron chi connectivity index (χ3n) is 3.24. The fourth-order valence-electron chi connectivity index (χ4n) is 2.20. The molecule has 0 amide bonds. The summed E-state index contributed by atoms with van der Waals surface area (Å²) in [6.45, 7) is 0.719. The predicted octanol–water partition coefficient (Wildman–Crippen LogP) is 1.73. The largest absolute Gasteiger partial charge is 0.402 e. The van der Waals surface area contributed by atoms with Crippen LogP contribution in [0.4, 0.5) is 13.2 Å². The van der Waals surface area contributed by atoms with Crippen LogP contribution in [-0.2, 0) is 10.0 Å². The summed E-state index contributed by atoms with van der Waals surface area (Å²) >= 11 is 0. The topological polar surface area (TPSA) is 49.4 Å². The van der Waals surface area contributed by atoms with Crippen LogP contribution in [0.1, 0.15) is 32.6 Å². The molecular weight excluding hydrogens is 281 g/mol. The Morgan fingerprint density at radius 3 is 2.47 bits per heavy atom. The first-order chi connectivity index (χ1) is 8.74. The van der Waals surface area contributed by atoms with Crippen LogP contribution in [0, 0.1) is 0 Å². The molecule has 1 fully saturated rings. The standard InChI is InChI=1S/C11H21F3N2O2S/c1-2-16(9-11(12,13)14)19(17,18)8-6-10-5-3-4-7-15-10/h10,15H,2-9H2,1H3. The molecule has 0 radical (unpaired) electrons. The molecular formula is C11H21F3N2O2S. The molecule has 1 saturated heterocycles. The van der Waals surface area contributed by atoms with Crippen LogP contribution in [0.5, 0.6) is 0 Å². The van der Waals surface area contributed by atoms with E-state index in [2.05, 4.69) is 5.32 Å². The molecule has 8 heteroatoms. The maximum absolute atomic E-state index is 12.3. The van der Waals surface area contributed by atoms with Crippen LogP contribution in [0.15, 0.2) is 0 Å². The van der Waals surface area contributed by atoms with Gasteiger partial charge in [0.25, 0.3) is 0 Å². The zero-order chi connectivity index (χ0) is 14.5. The molecule has 1 heterocycles. The number of rotatable bonds is 6. The number of alkyl halides is 3. The third kappa shape index (κ3) is 6.09. The summed E-state index contributed by atoms with van der Waals surface area (Å²) in [5, 5.41) is 3.19. The van der Waals surface area contributed by atoms with Crippen LogP contribution in [-0.4, -0.2) is 50.3 Å². The zero-order valence-corrected chi connectivity index (χ0v) is 11.9. The Balaban J connectivity index is 2.52. The van der Waals surface area contributed by atoms with E-state index in [1.165, 1.54) is 6.92 Å². The van der Waals surface area contributed by atoms with Crippen LogP contribution in [0.25, 0.3) is 0 Å². The molecule has 1 aliphatic rings. The zero-order valence-electron chi connectivity index (χ0n) is 11.0. The van der Waals surface area contributed by atoms with Crippen molar-refractivity contribution in [3.05, 3.63) is 0 Å². The smallest absolute Gasteiger partial charge is 0.314 e. The van der Waals surface area contributed by atoms with Crippen molar-refractivity contribution in [3.63, 3.8) is 0 Å². The average molecular weight is 302 g/mol. The van der Waals surface area contributed by atoms with E-state index < -0.39 is 22.7 Å². The Hall–Kier alpha value is -0.340. The highest BCUT2D eigenvalue weighted by Gasteiger charge is 2.35. The van der Waals surface area contributed by atoms with E-state index in [0.717, 1.165) is 25.8 Å². The van der Waals surface area contributed by atoms with Crippen LogP contribution in [0.2, 0.25) is 0 Å². The number of sulfonamides is 1. The Labute approximate surface area is 112 Å². The molecule has 1 atom stereocenters. The molecule has 0 aromatic rings. The molecule has 1 aliphatic heterocycles. The van der Waals surface area contributed by atoms with E-state index in [0.29, 0.717) is 10.7 Å². The summed E-state index contributed by atoms with van der Waals surface area (Å²) < 4.78 is 61.2. The molecule has 0 aromatic carbocycles. The molecule has 0 aromatic heterocycles. The monoisotopic (exact) mass is 302 g/mol. The Morgan fingerprint density at radius 2 is 2.00 bits per heavy atom. The maximum Gasteiger partial charge on any atom is 0.402 e. The second-order valence-corrected chi connectivity index (χ2v) is 6.88. The number of piperidine rings is 1. The quantitative estimate of drug-likeness (QED) is 0.813. The van der Waals surface area contributed by atoms with E-state index in [9.17, 15) is 21.6 Å². The highest BCUT2D eigenvalue weighted by Crippen LogP contribution is 2.19. The number of hydrogen-bond donors (Lipinski definition) is 1. The van der Waals surface area contributed by atoms with E-state index >= 15 is 0 Å². The van der Waals surface area contributed by atoms with Crippen molar-refractivity contribution in [2.24, 2.45) is 0 Å². The maximum atomic E-state index is 12.3. The lowest BCUT2D eigenvalue weighted by molar-refractivity contribution is -0.135. The molecule has 1 N–H and O–H groups in total. The summed E-state index contributed by atoms with van der Waals surface area (Å²) in [5.41, 5.74) is 0. The molecule has 114 valence electrons. The van der Waals surface area contributed by atoms with Crippen molar-refractivity contribution in [1.82, 2.24) is 9.62 Å². The van der Waals surface area contributed by atoms with Crippen molar-refractivity contribution in [1.29, 1.82) is 0 Å². The molecule has 1 rings (SSSR count). The fraction of sp³-hybridized carbons (Fsp3) is 1.00. The van der Waals surface area contributed by atoms with E-state index in [-0.39, 0.29) is 18.3 Å². The van der Waals surface area contributed by atoms with Gasteiger partial charge in [0.1, 0.15) is 6.54 Å². The van der Waals surface area contributed by atoms with Gasteiger partial charge < -0.3 is 5.32 Å². The molecule has 0 saturated carbocycles. The van der Waals surface area contributed by atoms with Crippen molar-refractivity contribution >= 4 is 10.0 Å². The average Bonchev–Trinajstić information content (AvgIpc) is 2.34. The van der Waals surface area contributed by atoms with Gasteiger partial charge in [0.15, 0.2) is 0 Å². The number of nitrogens with zero attached hydrogens (tertiary/aromatic N) is 1. The van der Waals surface area contributed by atoms with Gasteiger partial charge in [-0.25, -0.2) is 8.42 Å². The van der Waals surface area contributed by atoms with Crippen molar-refractivity contribution in [3.8, 4) is 0 Å². The molecule has 19 heavy (non-hydrogen) atoms. The fourth-order valence-corrected chi connectivity index (χ4v) is 3.77. The molecule has 0 bridgehead atoms. The third-order valence-corrected chi connectivity index (χ3v) is 5.16. The van der Waals surface area contributed by atoms with Crippen LogP contribution >= 0.6 is 0 Å². The van der Waals surface area contributed by atoms with E-state index in [4.69, 9.17) is 0 Å². The molecule has 4 nitrogen and oxygen atoms in total. The van der Waals surface area contributed by atoms with Crippen molar-refractivity contribution in [2.45, 2.75) is 44.8 Å². The highest BCUT2D eigenvalue weighted by molar-refractivity contribution is 7.89. The van der Waals surface area contributed by atoms with Crippen LogP contribution in [0.3, 0.4) is 0 Å². The molecule has 1 unspecified atom stereocenters. The van der Waals surface area contributed by atoms with E-state index in [1.807, 2.05) is 0 Å². The lowest BCUT2D eigenvalue weighted by Crippen LogP contribution is -2.42. The minimum atomic E-state index is -4.49. The summed E-state index contributed by atoms with van der Waals surface area (Å²) in [6.07, 6.45) is -1.13. The first kappa shape index (κ1) is 16.7. The normalized spacial score (nSPS) is 21.8. The van der Waals surface area contributed by atoms with Gasteiger partial charge in [0, 0.05) is 12.6 Å². The summed E-state index contributed by atoms with van der Waals surface area (Å²) in [4.78, 5) is 0. The molecule has 0 aliphatic carbocycles. The number of halogens is 3. The minimum Gasteiger partial charge on any atom is -0.314 e.